The first kappa shape index (κ1) is 16.5. The number of benzene rings is 2. The molecule has 0 fully saturated rings. The van der Waals surface area contributed by atoms with Crippen molar-refractivity contribution in [2.75, 3.05) is 5.32 Å². The number of fused-ring (bicyclic) bond motifs is 3. The number of nitrogens with one attached hydrogen (secondary N) is 1. The van der Waals surface area contributed by atoms with Crippen LogP contribution in [0.1, 0.15) is 6.92 Å². The highest BCUT2D eigenvalue weighted by Gasteiger charge is 2.19. The molecule has 0 radical (unpaired) electrons. The normalized spacial score (nSPS) is 12.4. The third-order valence-corrected chi connectivity index (χ3v) is 5.05. The predicted molar refractivity (Wildman–Crippen MR) is 101 cm³/mol. The van der Waals surface area contributed by atoms with Crippen LogP contribution in [0, 0.1) is 5.82 Å². The summed E-state index contributed by atoms with van der Waals surface area (Å²) < 4.78 is 14.9. The van der Waals surface area contributed by atoms with Gasteiger partial charge in [0.05, 0.1) is 10.8 Å². The average molecular weight is 366 g/mol. The monoisotopic (exact) mass is 366 g/mol. The predicted octanol–water partition coefficient (Wildman–Crippen LogP) is 4.14. The van der Waals surface area contributed by atoms with Crippen LogP contribution in [0.2, 0.25) is 0 Å². The molecule has 26 heavy (non-hydrogen) atoms. The van der Waals surface area contributed by atoms with Gasteiger partial charge in [0, 0.05) is 5.69 Å². The summed E-state index contributed by atoms with van der Waals surface area (Å²) in [5.74, 6) is -0.522. The van der Waals surface area contributed by atoms with Crippen molar-refractivity contribution >= 4 is 39.9 Å². The number of hydrogen-bond donors (Lipinski definition) is 1. The largest absolute Gasteiger partial charge is 0.325 e. The van der Waals surface area contributed by atoms with E-state index in [1.807, 2.05) is 40.8 Å². The summed E-state index contributed by atoms with van der Waals surface area (Å²) in [7, 11) is 0. The molecule has 1 unspecified atom stereocenters. The van der Waals surface area contributed by atoms with E-state index in [4.69, 9.17) is 0 Å². The second kappa shape index (κ2) is 6.76. The third-order valence-electron chi connectivity index (χ3n) is 4.01. The van der Waals surface area contributed by atoms with Crippen molar-refractivity contribution in [2.24, 2.45) is 0 Å². The Morgan fingerprint density at radius 1 is 1.08 bits per heavy atom. The van der Waals surface area contributed by atoms with E-state index in [1.165, 1.54) is 36.0 Å². The maximum absolute atomic E-state index is 13.0. The molecular weight excluding hydrogens is 351 g/mol. The fraction of sp³-hybridized carbons (Fsp3) is 0.105. The van der Waals surface area contributed by atoms with Gasteiger partial charge in [-0.1, -0.05) is 30.0 Å². The molecule has 0 saturated carbocycles. The lowest BCUT2D eigenvalue weighted by molar-refractivity contribution is -0.115. The molecule has 130 valence electrons. The molecular formula is C19H15FN4OS. The van der Waals surface area contributed by atoms with Crippen molar-refractivity contribution in [2.45, 2.75) is 17.3 Å². The van der Waals surface area contributed by atoms with Gasteiger partial charge in [-0.05, 0) is 54.8 Å². The number of aromatic nitrogens is 3. The minimum Gasteiger partial charge on any atom is -0.325 e. The Kier molecular flexibility index (Phi) is 4.30. The Balaban J connectivity index is 1.59. The maximum Gasteiger partial charge on any atom is 0.237 e. The molecule has 0 aliphatic rings. The van der Waals surface area contributed by atoms with Gasteiger partial charge in [-0.15, -0.1) is 10.2 Å². The van der Waals surface area contributed by atoms with Crippen LogP contribution in [-0.2, 0) is 4.79 Å². The summed E-state index contributed by atoms with van der Waals surface area (Å²) in [5.41, 5.74) is 2.28. The minimum atomic E-state index is -0.397. The van der Waals surface area contributed by atoms with Gasteiger partial charge in [0.2, 0.25) is 5.91 Å². The van der Waals surface area contributed by atoms with E-state index in [-0.39, 0.29) is 11.7 Å². The van der Waals surface area contributed by atoms with E-state index in [1.54, 1.807) is 6.92 Å². The van der Waals surface area contributed by atoms with Crippen molar-refractivity contribution in [1.82, 2.24) is 14.6 Å². The molecule has 1 atom stereocenters. The van der Waals surface area contributed by atoms with Crippen LogP contribution in [0.4, 0.5) is 10.1 Å². The molecule has 1 amide bonds. The zero-order valence-electron chi connectivity index (χ0n) is 13.9. The number of carbonyl (C=O) groups is 1. The zero-order chi connectivity index (χ0) is 18.1. The van der Waals surface area contributed by atoms with Crippen LogP contribution in [0.15, 0.2) is 65.8 Å². The number of rotatable bonds is 4. The van der Waals surface area contributed by atoms with Gasteiger partial charge in [0.15, 0.2) is 10.8 Å². The third kappa shape index (κ3) is 3.13. The highest BCUT2D eigenvalue weighted by molar-refractivity contribution is 8.00. The average Bonchev–Trinajstić information content (AvgIpc) is 3.07. The van der Waals surface area contributed by atoms with Crippen molar-refractivity contribution in [3.05, 3.63) is 66.5 Å². The summed E-state index contributed by atoms with van der Waals surface area (Å²) in [4.78, 5) is 12.4. The van der Waals surface area contributed by atoms with Crippen molar-refractivity contribution in [3.63, 3.8) is 0 Å². The summed E-state index contributed by atoms with van der Waals surface area (Å²) in [6.45, 7) is 1.80. The first-order chi connectivity index (χ1) is 12.6. The molecule has 4 aromatic rings. The topological polar surface area (TPSA) is 59.3 Å². The van der Waals surface area contributed by atoms with Gasteiger partial charge in [-0.25, -0.2) is 4.39 Å². The van der Waals surface area contributed by atoms with Crippen LogP contribution in [0.3, 0.4) is 0 Å². The standard InChI is InChI=1S/C19H15FN4OS/c1-12(18(25)21-15-9-7-14(20)8-10-15)26-19-23-22-17-11-6-13-4-2-3-5-16(13)24(17)19/h2-12H,1H3,(H,21,25). The first-order valence-corrected chi connectivity index (χ1v) is 8.96. The van der Waals surface area contributed by atoms with E-state index >= 15 is 0 Å². The molecule has 1 N–H and O–H groups in total. The SMILES string of the molecule is CC(Sc1nnc2ccc3ccccc3n12)C(=O)Nc1ccc(F)cc1. The molecule has 0 bridgehead atoms. The molecule has 5 nitrogen and oxygen atoms in total. The Hall–Kier alpha value is -2.93. The fourth-order valence-corrected chi connectivity index (χ4v) is 3.54. The second-order valence-corrected chi connectivity index (χ2v) is 7.13. The lowest BCUT2D eigenvalue weighted by Crippen LogP contribution is -2.22. The van der Waals surface area contributed by atoms with Gasteiger partial charge < -0.3 is 5.32 Å². The first-order valence-electron chi connectivity index (χ1n) is 8.08. The van der Waals surface area contributed by atoms with E-state index in [9.17, 15) is 9.18 Å². The van der Waals surface area contributed by atoms with Crippen LogP contribution < -0.4 is 5.32 Å². The lowest BCUT2D eigenvalue weighted by Gasteiger charge is -2.11. The van der Waals surface area contributed by atoms with Gasteiger partial charge in [0.1, 0.15) is 5.82 Å². The van der Waals surface area contributed by atoms with Crippen LogP contribution in [0.25, 0.3) is 16.6 Å². The molecule has 2 aromatic heterocycles. The molecule has 2 heterocycles. The number of anilines is 1. The van der Waals surface area contributed by atoms with Crippen molar-refractivity contribution < 1.29 is 9.18 Å². The van der Waals surface area contributed by atoms with E-state index in [0.717, 1.165) is 16.6 Å². The van der Waals surface area contributed by atoms with Gasteiger partial charge >= 0.3 is 0 Å². The number of hydrogen-bond acceptors (Lipinski definition) is 4. The zero-order valence-corrected chi connectivity index (χ0v) is 14.7. The highest BCUT2D eigenvalue weighted by atomic mass is 32.2. The highest BCUT2D eigenvalue weighted by Crippen LogP contribution is 2.26. The molecule has 0 spiro atoms. The molecule has 0 saturated heterocycles. The van der Waals surface area contributed by atoms with Gasteiger partial charge in [-0.2, -0.15) is 0 Å². The van der Waals surface area contributed by atoms with Gasteiger partial charge in [0.25, 0.3) is 0 Å². The van der Waals surface area contributed by atoms with E-state index < -0.39 is 5.25 Å². The number of pyridine rings is 1. The van der Waals surface area contributed by atoms with Crippen LogP contribution >= 0.6 is 11.8 Å². The summed E-state index contributed by atoms with van der Waals surface area (Å²) in [6.07, 6.45) is 0. The molecule has 0 aliphatic heterocycles. The Bertz CT molecular complexity index is 1090. The van der Waals surface area contributed by atoms with E-state index in [0.29, 0.717) is 10.8 Å². The summed E-state index contributed by atoms with van der Waals surface area (Å²) in [5, 5.41) is 12.5. The maximum atomic E-state index is 13.0. The minimum absolute atomic E-state index is 0.182. The number of thioether (sulfide) groups is 1. The number of para-hydroxylation sites is 1. The van der Waals surface area contributed by atoms with E-state index in [2.05, 4.69) is 15.5 Å². The van der Waals surface area contributed by atoms with Crippen LogP contribution in [0.5, 0.6) is 0 Å². The molecule has 7 heteroatoms. The quantitative estimate of drug-likeness (QED) is 0.552. The number of amides is 1. The molecule has 2 aromatic carbocycles. The number of nitrogens with zero attached hydrogens (tertiary/aromatic N) is 3. The smallest absolute Gasteiger partial charge is 0.237 e. The fourth-order valence-electron chi connectivity index (χ4n) is 2.68. The second-order valence-electron chi connectivity index (χ2n) is 5.82. The lowest BCUT2D eigenvalue weighted by atomic mass is 10.2. The Labute approximate surface area is 153 Å². The van der Waals surface area contributed by atoms with Crippen LogP contribution in [-0.4, -0.2) is 25.8 Å². The summed E-state index contributed by atoms with van der Waals surface area (Å²) >= 11 is 1.33. The van der Waals surface area contributed by atoms with Crippen molar-refractivity contribution in [1.29, 1.82) is 0 Å². The summed E-state index contributed by atoms with van der Waals surface area (Å²) in [6, 6.07) is 17.5. The Morgan fingerprint density at radius 3 is 2.65 bits per heavy atom. The van der Waals surface area contributed by atoms with Gasteiger partial charge in [-0.3, -0.25) is 9.20 Å². The number of carbonyl (C=O) groups excluding carboxylic acids is 1. The molecule has 0 aliphatic carbocycles. The van der Waals surface area contributed by atoms with Crippen molar-refractivity contribution in [3.8, 4) is 0 Å². The Morgan fingerprint density at radius 2 is 1.85 bits per heavy atom. The molecule has 4 rings (SSSR count). The number of halogens is 1.